The Balaban J connectivity index is 1.67. The first kappa shape index (κ1) is 20.2. The van der Waals surface area contributed by atoms with Crippen molar-refractivity contribution in [2.45, 2.75) is 13.2 Å². The summed E-state index contributed by atoms with van der Waals surface area (Å²) < 4.78 is 20.6. The van der Waals surface area contributed by atoms with Gasteiger partial charge in [-0.2, -0.15) is 5.01 Å². The summed E-state index contributed by atoms with van der Waals surface area (Å²) in [5.41, 5.74) is 3.10. The van der Waals surface area contributed by atoms with Crippen LogP contribution in [0.3, 0.4) is 0 Å². The summed E-state index contributed by atoms with van der Waals surface area (Å²) in [6.07, 6.45) is -0.895. The fourth-order valence-corrected chi connectivity index (χ4v) is 3.98. The minimum absolute atomic E-state index is 0.0181. The Morgan fingerprint density at radius 3 is 2.53 bits per heavy atom. The predicted octanol–water partition coefficient (Wildman–Crippen LogP) is 5.93. The van der Waals surface area contributed by atoms with Crippen LogP contribution >= 0.6 is 11.6 Å². The van der Waals surface area contributed by atoms with Crippen LogP contribution in [0.2, 0.25) is 5.02 Å². The van der Waals surface area contributed by atoms with Gasteiger partial charge in [-0.25, -0.2) is 9.37 Å². The van der Waals surface area contributed by atoms with E-state index in [-0.39, 0.29) is 22.4 Å². The van der Waals surface area contributed by atoms with Gasteiger partial charge in [0.25, 0.3) is 0 Å². The standard InChI is InChI=1S/C25H17ClFN3O2/c1-15(31)30-25(32-24(29-30)23-19(26)11-7-12-20(23)27)18-14-22(16-8-3-2-4-9-16)28-21-13-6-5-10-17(18)21/h2-14,25H,1H3/t25-/m0/s1. The van der Waals surface area contributed by atoms with Gasteiger partial charge in [0.15, 0.2) is 0 Å². The van der Waals surface area contributed by atoms with Crippen LogP contribution in [-0.2, 0) is 9.53 Å². The molecule has 1 aliphatic rings. The maximum absolute atomic E-state index is 14.5. The van der Waals surface area contributed by atoms with Gasteiger partial charge in [-0.3, -0.25) is 4.79 Å². The number of halogens is 2. The third-order valence-electron chi connectivity index (χ3n) is 5.23. The number of aromatic nitrogens is 1. The van der Waals surface area contributed by atoms with Gasteiger partial charge >= 0.3 is 0 Å². The number of hydrogen-bond acceptors (Lipinski definition) is 4. The Morgan fingerprint density at radius 1 is 1.03 bits per heavy atom. The van der Waals surface area contributed by atoms with Crippen molar-refractivity contribution in [2.24, 2.45) is 5.10 Å². The van der Waals surface area contributed by atoms with Gasteiger partial charge in [0.2, 0.25) is 18.0 Å². The third kappa shape index (κ3) is 3.48. The van der Waals surface area contributed by atoms with Gasteiger partial charge in [-0.05, 0) is 24.3 Å². The summed E-state index contributed by atoms with van der Waals surface area (Å²) in [6.45, 7) is 1.38. The van der Waals surface area contributed by atoms with Crippen LogP contribution in [0.4, 0.5) is 4.39 Å². The molecule has 0 N–H and O–H groups in total. The van der Waals surface area contributed by atoms with Gasteiger partial charge in [0.1, 0.15) is 5.82 Å². The highest BCUT2D eigenvalue weighted by atomic mass is 35.5. The molecule has 0 spiro atoms. The van der Waals surface area contributed by atoms with E-state index >= 15 is 0 Å². The average molecular weight is 446 g/mol. The Morgan fingerprint density at radius 2 is 1.78 bits per heavy atom. The molecule has 4 aromatic rings. The van der Waals surface area contributed by atoms with Crippen molar-refractivity contribution in [1.29, 1.82) is 0 Å². The molecule has 1 aliphatic heterocycles. The molecule has 1 atom stereocenters. The van der Waals surface area contributed by atoms with Crippen molar-refractivity contribution in [2.75, 3.05) is 0 Å². The lowest BCUT2D eigenvalue weighted by Crippen LogP contribution is -2.25. The number of carbonyl (C=O) groups is 1. The van der Waals surface area contributed by atoms with E-state index in [1.807, 2.05) is 60.7 Å². The molecule has 3 aromatic carbocycles. The fourth-order valence-electron chi connectivity index (χ4n) is 3.73. The number of nitrogens with zero attached hydrogens (tertiary/aromatic N) is 3. The SMILES string of the molecule is CC(=O)N1N=C(c2c(F)cccc2Cl)O[C@H]1c1cc(-c2ccccc2)nc2ccccc12. The summed E-state index contributed by atoms with van der Waals surface area (Å²) in [5.74, 6) is -0.972. The number of rotatable bonds is 3. The summed E-state index contributed by atoms with van der Waals surface area (Å²) in [7, 11) is 0. The molecule has 7 heteroatoms. The Hall–Kier alpha value is -3.77. The molecule has 0 aliphatic carbocycles. The molecule has 5 rings (SSSR count). The van der Waals surface area contributed by atoms with Crippen LogP contribution in [0.15, 0.2) is 84.0 Å². The van der Waals surface area contributed by atoms with Crippen LogP contribution in [0.25, 0.3) is 22.2 Å². The molecule has 158 valence electrons. The topological polar surface area (TPSA) is 54.8 Å². The van der Waals surface area contributed by atoms with E-state index in [1.54, 1.807) is 6.07 Å². The van der Waals surface area contributed by atoms with Crippen molar-refractivity contribution in [3.8, 4) is 11.3 Å². The number of fused-ring (bicyclic) bond motifs is 1. The number of hydrazone groups is 1. The molecule has 0 bridgehead atoms. The van der Waals surface area contributed by atoms with Gasteiger partial charge < -0.3 is 4.74 Å². The molecule has 1 aromatic heterocycles. The first-order chi connectivity index (χ1) is 15.5. The van der Waals surface area contributed by atoms with E-state index in [9.17, 15) is 9.18 Å². The summed E-state index contributed by atoms with van der Waals surface area (Å²) in [6, 6.07) is 23.5. The number of ether oxygens (including phenoxy) is 1. The Bertz CT molecular complexity index is 1350. The second-order valence-corrected chi connectivity index (χ2v) is 7.72. The maximum atomic E-state index is 14.5. The van der Waals surface area contributed by atoms with E-state index in [0.717, 1.165) is 22.2 Å². The van der Waals surface area contributed by atoms with Gasteiger partial charge in [-0.15, -0.1) is 5.10 Å². The highest BCUT2D eigenvalue weighted by molar-refractivity contribution is 6.33. The normalized spacial score (nSPS) is 15.5. The highest BCUT2D eigenvalue weighted by Crippen LogP contribution is 2.37. The maximum Gasteiger partial charge on any atom is 0.245 e. The quantitative estimate of drug-likeness (QED) is 0.392. The lowest BCUT2D eigenvalue weighted by Gasteiger charge is -2.21. The van der Waals surface area contributed by atoms with E-state index < -0.39 is 12.0 Å². The number of hydrogen-bond donors (Lipinski definition) is 0. The zero-order valence-electron chi connectivity index (χ0n) is 17.0. The van der Waals surface area contributed by atoms with Crippen LogP contribution < -0.4 is 0 Å². The molecule has 0 radical (unpaired) electrons. The van der Waals surface area contributed by atoms with E-state index in [4.69, 9.17) is 21.3 Å². The number of pyridine rings is 1. The monoisotopic (exact) mass is 445 g/mol. The molecule has 2 heterocycles. The number of carbonyl (C=O) groups excluding carboxylic acids is 1. The van der Waals surface area contributed by atoms with Crippen LogP contribution in [0.5, 0.6) is 0 Å². The first-order valence-electron chi connectivity index (χ1n) is 9.97. The molecule has 0 fully saturated rings. The van der Waals surface area contributed by atoms with E-state index in [0.29, 0.717) is 5.56 Å². The van der Waals surface area contributed by atoms with Crippen molar-refractivity contribution in [3.05, 3.63) is 101 Å². The minimum atomic E-state index is -0.895. The largest absolute Gasteiger partial charge is 0.446 e. The lowest BCUT2D eigenvalue weighted by atomic mass is 10.0. The smallest absolute Gasteiger partial charge is 0.245 e. The molecule has 0 unspecified atom stereocenters. The molecular formula is C25H17ClFN3O2. The van der Waals surface area contributed by atoms with E-state index in [1.165, 1.54) is 24.1 Å². The average Bonchev–Trinajstić information content (AvgIpc) is 3.24. The fraction of sp³-hybridized carbons (Fsp3) is 0.0800. The summed E-state index contributed by atoms with van der Waals surface area (Å²) in [5, 5.41) is 6.44. The molecule has 32 heavy (non-hydrogen) atoms. The van der Waals surface area contributed by atoms with Gasteiger partial charge in [0.05, 0.1) is 21.8 Å². The molecule has 0 saturated heterocycles. The molecule has 5 nitrogen and oxygen atoms in total. The highest BCUT2D eigenvalue weighted by Gasteiger charge is 2.36. The van der Waals surface area contributed by atoms with Crippen molar-refractivity contribution in [3.63, 3.8) is 0 Å². The van der Waals surface area contributed by atoms with Crippen LogP contribution in [0, 0.1) is 5.82 Å². The predicted molar refractivity (Wildman–Crippen MR) is 121 cm³/mol. The molecule has 0 saturated carbocycles. The van der Waals surface area contributed by atoms with Crippen LogP contribution in [0.1, 0.15) is 24.3 Å². The zero-order chi connectivity index (χ0) is 22.2. The number of amides is 1. The van der Waals surface area contributed by atoms with Crippen molar-refractivity contribution < 1.29 is 13.9 Å². The number of para-hydroxylation sites is 1. The minimum Gasteiger partial charge on any atom is -0.446 e. The summed E-state index contributed by atoms with van der Waals surface area (Å²) >= 11 is 6.22. The second-order valence-electron chi connectivity index (χ2n) is 7.32. The first-order valence-corrected chi connectivity index (χ1v) is 10.4. The van der Waals surface area contributed by atoms with Crippen molar-refractivity contribution in [1.82, 2.24) is 9.99 Å². The molecule has 1 amide bonds. The zero-order valence-corrected chi connectivity index (χ0v) is 17.8. The van der Waals surface area contributed by atoms with E-state index in [2.05, 4.69) is 5.10 Å². The van der Waals surface area contributed by atoms with Gasteiger partial charge in [-0.1, -0.05) is 66.2 Å². The molecular weight excluding hydrogens is 429 g/mol. The second kappa shape index (κ2) is 8.05. The van der Waals surface area contributed by atoms with Crippen molar-refractivity contribution >= 4 is 34.3 Å². The number of benzene rings is 3. The Kier molecular flexibility index (Phi) is 5.07. The lowest BCUT2D eigenvalue weighted by molar-refractivity contribution is -0.135. The van der Waals surface area contributed by atoms with Gasteiger partial charge in [0, 0.05) is 23.4 Å². The van der Waals surface area contributed by atoms with Crippen LogP contribution in [-0.4, -0.2) is 21.8 Å². The Labute approximate surface area is 188 Å². The third-order valence-corrected chi connectivity index (χ3v) is 5.54. The summed E-state index contributed by atoms with van der Waals surface area (Å²) in [4.78, 5) is 17.2.